The molecule has 0 aromatic heterocycles. The third-order valence-electron chi connectivity index (χ3n) is 4.97. The molecule has 168 valence electrons. The molecule has 1 unspecified atom stereocenters. The summed E-state index contributed by atoms with van der Waals surface area (Å²) in [4.78, 5) is 28.9. The van der Waals surface area contributed by atoms with Crippen molar-refractivity contribution in [2.24, 2.45) is 5.92 Å². The van der Waals surface area contributed by atoms with Gasteiger partial charge in [0.25, 0.3) is 0 Å². The van der Waals surface area contributed by atoms with Gasteiger partial charge >= 0.3 is 0 Å². The molecule has 2 rings (SSSR count). The number of rotatable bonds is 11. The molecule has 0 aliphatic rings. The molecule has 0 saturated heterocycles. The van der Waals surface area contributed by atoms with E-state index in [0.29, 0.717) is 25.4 Å². The lowest BCUT2D eigenvalue weighted by atomic mass is 10.1. The Bertz CT molecular complexity index is 835. The quantitative estimate of drug-likeness (QED) is 0.514. The van der Waals surface area contributed by atoms with E-state index in [1.807, 2.05) is 62.4 Å². The Balaban J connectivity index is 2.18. The number of ether oxygens (including phenoxy) is 1. The van der Waals surface area contributed by atoms with Crippen LogP contribution < -0.4 is 10.1 Å². The first-order valence-corrected chi connectivity index (χ1v) is 11.7. The molecular weight excluding hydrogens is 408 g/mol. The van der Waals surface area contributed by atoms with Crippen molar-refractivity contribution in [2.45, 2.75) is 51.6 Å². The summed E-state index contributed by atoms with van der Waals surface area (Å²) >= 11 is 1.50. The molecule has 0 saturated carbocycles. The first-order valence-electron chi connectivity index (χ1n) is 10.7. The topological polar surface area (TPSA) is 58.6 Å². The second-order valence-electron chi connectivity index (χ2n) is 8.03. The molecule has 1 atom stereocenters. The number of carbonyl (C=O) groups excluding carboxylic acids is 2. The smallest absolute Gasteiger partial charge is 0.242 e. The first kappa shape index (κ1) is 24.8. The Morgan fingerprint density at radius 3 is 2.26 bits per heavy atom. The van der Waals surface area contributed by atoms with Gasteiger partial charge in [0.2, 0.25) is 11.8 Å². The van der Waals surface area contributed by atoms with Crippen LogP contribution in [0.2, 0.25) is 0 Å². The zero-order valence-corrected chi connectivity index (χ0v) is 20.0. The third kappa shape index (κ3) is 7.94. The third-order valence-corrected chi connectivity index (χ3v) is 5.96. The van der Waals surface area contributed by atoms with E-state index in [0.717, 1.165) is 16.2 Å². The van der Waals surface area contributed by atoms with Gasteiger partial charge in [-0.2, -0.15) is 0 Å². The van der Waals surface area contributed by atoms with Gasteiger partial charge in [0, 0.05) is 18.0 Å². The summed E-state index contributed by atoms with van der Waals surface area (Å²) in [6.07, 6.45) is 0.557. The van der Waals surface area contributed by atoms with E-state index < -0.39 is 6.04 Å². The molecule has 2 aromatic carbocycles. The highest BCUT2D eigenvalue weighted by Crippen LogP contribution is 2.21. The fraction of sp³-hybridized carbons (Fsp3) is 0.440. The van der Waals surface area contributed by atoms with Crippen LogP contribution in [-0.4, -0.2) is 42.2 Å². The summed E-state index contributed by atoms with van der Waals surface area (Å²) in [5.74, 6) is 1.25. The molecule has 0 fully saturated rings. The molecule has 0 radical (unpaired) electrons. The molecule has 2 aromatic rings. The molecule has 0 heterocycles. The van der Waals surface area contributed by atoms with Crippen molar-refractivity contribution in [2.75, 3.05) is 19.4 Å². The number of carbonyl (C=O) groups is 2. The Morgan fingerprint density at radius 2 is 1.71 bits per heavy atom. The van der Waals surface area contributed by atoms with Crippen LogP contribution in [0.5, 0.6) is 5.75 Å². The lowest BCUT2D eigenvalue weighted by molar-refractivity contribution is -0.139. The number of aryl methyl sites for hydroxylation is 1. The van der Waals surface area contributed by atoms with Gasteiger partial charge in [-0.05, 0) is 49.1 Å². The lowest BCUT2D eigenvalue weighted by Gasteiger charge is -2.31. The molecule has 5 nitrogen and oxygen atoms in total. The summed E-state index contributed by atoms with van der Waals surface area (Å²) in [5.41, 5.74) is 2.15. The fourth-order valence-corrected chi connectivity index (χ4v) is 3.92. The van der Waals surface area contributed by atoms with E-state index in [-0.39, 0.29) is 17.6 Å². The maximum atomic E-state index is 13.3. The highest BCUT2D eigenvalue weighted by atomic mass is 32.2. The summed E-state index contributed by atoms with van der Waals surface area (Å²) in [7, 11) is 1.62. The zero-order chi connectivity index (χ0) is 22.8. The number of benzene rings is 2. The molecule has 0 aliphatic carbocycles. The fourth-order valence-electron chi connectivity index (χ4n) is 3.13. The maximum absolute atomic E-state index is 13.3. The molecule has 1 N–H and O–H groups in total. The second-order valence-corrected chi connectivity index (χ2v) is 9.08. The van der Waals surface area contributed by atoms with Crippen molar-refractivity contribution in [3.63, 3.8) is 0 Å². The van der Waals surface area contributed by atoms with E-state index in [4.69, 9.17) is 4.74 Å². The Hall–Kier alpha value is -2.47. The highest BCUT2D eigenvalue weighted by molar-refractivity contribution is 8.00. The van der Waals surface area contributed by atoms with Crippen LogP contribution in [0.4, 0.5) is 0 Å². The SMILES string of the molecule is CCC(C(=O)NCC(C)C)N(Cc1ccc(OC)cc1)C(=O)CSc1ccc(C)cc1. The first-order chi connectivity index (χ1) is 14.8. The molecule has 0 aliphatic heterocycles. The van der Waals surface area contributed by atoms with E-state index in [9.17, 15) is 9.59 Å². The van der Waals surface area contributed by atoms with Crippen molar-refractivity contribution >= 4 is 23.6 Å². The van der Waals surface area contributed by atoms with E-state index >= 15 is 0 Å². The number of nitrogens with one attached hydrogen (secondary N) is 1. The Morgan fingerprint density at radius 1 is 1.06 bits per heavy atom. The highest BCUT2D eigenvalue weighted by Gasteiger charge is 2.28. The summed E-state index contributed by atoms with van der Waals surface area (Å²) < 4.78 is 5.23. The van der Waals surface area contributed by atoms with Crippen LogP contribution in [-0.2, 0) is 16.1 Å². The standard InChI is InChI=1S/C25H34N2O3S/c1-6-23(25(29)26-15-18(2)3)27(16-20-9-11-21(30-5)12-10-20)24(28)17-31-22-13-7-19(4)8-14-22/h7-14,18,23H,6,15-17H2,1-5H3,(H,26,29). The van der Waals surface area contributed by atoms with Gasteiger partial charge in [-0.25, -0.2) is 0 Å². The Kier molecular flexibility index (Phi) is 9.92. The van der Waals surface area contributed by atoms with Crippen LogP contribution in [0.15, 0.2) is 53.4 Å². The second kappa shape index (κ2) is 12.4. The Labute approximate surface area is 190 Å². The number of amides is 2. The van der Waals surface area contributed by atoms with Crippen LogP contribution in [0.25, 0.3) is 0 Å². The number of thioether (sulfide) groups is 1. The van der Waals surface area contributed by atoms with E-state index in [1.165, 1.54) is 17.3 Å². The molecular formula is C25H34N2O3S. The molecule has 6 heteroatoms. The van der Waals surface area contributed by atoms with Crippen molar-refractivity contribution in [3.05, 3.63) is 59.7 Å². The van der Waals surface area contributed by atoms with Crippen LogP contribution in [0.3, 0.4) is 0 Å². The van der Waals surface area contributed by atoms with Crippen molar-refractivity contribution < 1.29 is 14.3 Å². The van der Waals surface area contributed by atoms with Crippen LogP contribution in [0.1, 0.15) is 38.3 Å². The van der Waals surface area contributed by atoms with E-state index in [1.54, 1.807) is 12.0 Å². The molecule has 0 spiro atoms. The van der Waals surface area contributed by atoms with Gasteiger partial charge < -0.3 is 15.0 Å². The van der Waals surface area contributed by atoms with Gasteiger partial charge in [-0.1, -0.05) is 50.6 Å². The molecule has 0 bridgehead atoms. The minimum atomic E-state index is -0.507. The number of nitrogens with zero attached hydrogens (tertiary/aromatic N) is 1. The van der Waals surface area contributed by atoms with Crippen molar-refractivity contribution in [1.29, 1.82) is 0 Å². The summed E-state index contributed by atoms with van der Waals surface area (Å²) in [6, 6.07) is 15.2. The van der Waals surface area contributed by atoms with Gasteiger partial charge in [0.05, 0.1) is 12.9 Å². The van der Waals surface area contributed by atoms with Crippen LogP contribution >= 0.6 is 11.8 Å². The van der Waals surface area contributed by atoms with Crippen molar-refractivity contribution in [3.8, 4) is 5.75 Å². The minimum Gasteiger partial charge on any atom is -0.497 e. The predicted octanol–water partition coefficient (Wildman–Crippen LogP) is 4.68. The lowest BCUT2D eigenvalue weighted by Crippen LogP contribution is -2.50. The average Bonchev–Trinajstić information content (AvgIpc) is 2.77. The van der Waals surface area contributed by atoms with E-state index in [2.05, 4.69) is 19.2 Å². The van der Waals surface area contributed by atoms with Crippen LogP contribution in [0, 0.1) is 12.8 Å². The number of methoxy groups -OCH3 is 1. The number of hydrogen-bond donors (Lipinski definition) is 1. The molecule has 31 heavy (non-hydrogen) atoms. The van der Waals surface area contributed by atoms with Gasteiger partial charge in [0.15, 0.2) is 0 Å². The number of hydrogen-bond acceptors (Lipinski definition) is 4. The minimum absolute atomic E-state index is 0.0482. The largest absolute Gasteiger partial charge is 0.497 e. The van der Waals surface area contributed by atoms with Gasteiger partial charge in [-0.15, -0.1) is 11.8 Å². The normalized spacial score (nSPS) is 11.8. The van der Waals surface area contributed by atoms with Crippen molar-refractivity contribution in [1.82, 2.24) is 10.2 Å². The predicted molar refractivity (Wildman–Crippen MR) is 127 cm³/mol. The van der Waals surface area contributed by atoms with Gasteiger partial charge in [-0.3, -0.25) is 9.59 Å². The molecule has 2 amide bonds. The summed E-state index contributed by atoms with van der Waals surface area (Å²) in [5, 5.41) is 2.99. The summed E-state index contributed by atoms with van der Waals surface area (Å²) in [6.45, 7) is 9.07. The zero-order valence-electron chi connectivity index (χ0n) is 19.2. The maximum Gasteiger partial charge on any atom is 0.242 e. The average molecular weight is 443 g/mol. The van der Waals surface area contributed by atoms with Gasteiger partial charge in [0.1, 0.15) is 11.8 Å². The monoisotopic (exact) mass is 442 g/mol.